The van der Waals surface area contributed by atoms with Crippen LogP contribution in [-0.2, 0) is 27.5 Å². The second-order valence-electron chi connectivity index (χ2n) is 7.35. The van der Waals surface area contributed by atoms with Crippen LogP contribution in [0, 0.1) is 0 Å². The Bertz CT molecular complexity index is 789. The average Bonchev–Trinajstić information content (AvgIpc) is 2.59. The number of hydrogen-bond donors (Lipinski definition) is 0. The molecular formula is C21H22BF6O2. The summed E-state index contributed by atoms with van der Waals surface area (Å²) in [5.74, 6) is 0. The predicted molar refractivity (Wildman–Crippen MR) is 102 cm³/mol. The number of halogens is 6. The molecule has 9 heteroatoms. The molecule has 0 atom stereocenters. The third-order valence-corrected chi connectivity index (χ3v) is 3.96. The zero-order chi connectivity index (χ0) is 22.7. The molecular weight excluding hydrogens is 409 g/mol. The fourth-order valence-corrected chi connectivity index (χ4v) is 2.97. The maximum atomic E-state index is 13.3. The quantitative estimate of drug-likeness (QED) is 0.318. The number of alkyl halides is 6. The molecule has 2 aromatic carbocycles. The fourth-order valence-electron chi connectivity index (χ4n) is 2.97. The third-order valence-electron chi connectivity index (χ3n) is 3.96. The Morgan fingerprint density at radius 3 is 1.47 bits per heavy atom. The second kappa shape index (κ2) is 9.02. The monoisotopic (exact) mass is 431 g/mol. The lowest BCUT2D eigenvalue weighted by Crippen LogP contribution is -2.48. The van der Waals surface area contributed by atoms with Crippen molar-refractivity contribution in [2.24, 2.45) is 0 Å². The van der Waals surface area contributed by atoms with Crippen molar-refractivity contribution < 1.29 is 35.8 Å². The van der Waals surface area contributed by atoms with Gasteiger partial charge in [-0.05, 0) is 33.8 Å². The van der Waals surface area contributed by atoms with Gasteiger partial charge in [-0.2, -0.15) is 26.3 Å². The van der Waals surface area contributed by atoms with E-state index in [-0.39, 0.29) is 11.5 Å². The first-order valence-corrected chi connectivity index (χ1v) is 9.29. The predicted octanol–water partition coefficient (Wildman–Crippen LogP) is 5.71. The van der Waals surface area contributed by atoms with Gasteiger partial charge in [0.25, 0.3) is 0 Å². The first-order chi connectivity index (χ1) is 13.7. The maximum absolute atomic E-state index is 13.3. The minimum absolute atomic E-state index is 0.0914. The van der Waals surface area contributed by atoms with Crippen LogP contribution in [-0.4, -0.2) is 19.5 Å². The van der Waals surface area contributed by atoms with Crippen LogP contribution < -0.4 is 5.46 Å². The van der Waals surface area contributed by atoms with Gasteiger partial charge in [0.15, 0.2) is 5.69 Å². The number of rotatable bonds is 7. The Labute approximate surface area is 172 Å². The molecule has 0 bridgehead atoms. The molecule has 0 N–H and O–H groups in total. The van der Waals surface area contributed by atoms with Crippen molar-refractivity contribution in [3.8, 4) is 0 Å². The SMILES string of the molecule is CC(C)OC([B]c1cc(C(F)(F)F)cc(C(F)(F)F)c1)(OC(C)C)c1ccccc1. The van der Waals surface area contributed by atoms with Crippen LogP contribution in [0.2, 0.25) is 0 Å². The van der Waals surface area contributed by atoms with Gasteiger partial charge in [0.1, 0.15) is 0 Å². The largest absolute Gasteiger partial charge is 0.416 e. The highest BCUT2D eigenvalue weighted by Crippen LogP contribution is 2.36. The summed E-state index contributed by atoms with van der Waals surface area (Å²) in [4.78, 5) is 0. The van der Waals surface area contributed by atoms with Gasteiger partial charge < -0.3 is 9.47 Å². The van der Waals surface area contributed by atoms with E-state index >= 15 is 0 Å². The second-order valence-corrected chi connectivity index (χ2v) is 7.35. The topological polar surface area (TPSA) is 18.5 Å². The summed E-state index contributed by atoms with van der Waals surface area (Å²) >= 11 is 0. The van der Waals surface area contributed by atoms with Gasteiger partial charge in [-0.25, -0.2) is 0 Å². The molecule has 2 nitrogen and oxygen atoms in total. The van der Waals surface area contributed by atoms with Gasteiger partial charge in [-0.3, -0.25) is 0 Å². The van der Waals surface area contributed by atoms with E-state index in [2.05, 4.69) is 0 Å². The molecule has 0 spiro atoms. The minimum Gasteiger partial charge on any atom is -0.351 e. The molecule has 0 saturated carbocycles. The van der Waals surface area contributed by atoms with E-state index in [4.69, 9.17) is 9.47 Å². The molecule has 0 heterocycles. The Balaban J connectivity index is 2.66. The lowest BCUT2D eigenvalue weighted by molar-refractivity contribution is -0.223. The third kappa shape index (κ3) is 6.25. The van der Waals surface area contributed by atoms with Crippen LogP contribution >= 0.6 is 0 Å². The zero-order valence-electron chi connectivity index (χ0n) is 16.9. The van der Waals surface area contributed by atoms with E-state index in [1.807, 2.05) is 0 Å². The molecule has 0 saturated heterocycles. The number of hydrogen-bond acceptors (Lipinski definition) is 2. The van der Waals surface area contributed by atoms with Crippen molar-refractivity contribution >= 4 is 12.7 Å². The van der Waals surface area contributed by atoms with Gasteiger partial charge in [0.2, 0.25) is 7.28 Å². The molecule has 0 fully saturated rings. The lowest BCUT2D eigenvalue weighted by Gasteiger charge is -2.38. The molecule has 2 rings (SSSR count). The normalized spacial score (nSPS) is 13.2. The molecule has 0 unspecified atom stereocenters. The first kappa shape index (κ1) is 24.3. The van der Waals surface area contributed by atoms with Crippen LogP contribution in [0.25, 0.3) is 0 Å². The first-order valence-electron chi connectivity index (χ1n) is 9.29. The van der Waals surface area contributed by atoms with Crippen LogP contribution in [0.3, 0.4) is 0 Å². The van der Waals surface area contributed by atoms with Gasteiger partial charge in [-0.1, -0.05) is 47.9 Å². The van der Waals surface area contributed by atoms with Gasteiger partial charge >= 0.3 is 12.4 Å². The summed E-state index contributed by atoms with van der Waals surface area (Å²) in [7, 11) is 1.16. The number of ether oxygens (including phenoxy) is 2. The Morgan fingerprint density at radius 2 is 1.10 bits per heavy atom. The highest BCUT2D eigenvalue weighted by molar-refractivity contribution is 6.56. The summed E-state index contributed by atoms with van der Waals surface area (Å²) in [6.45, 7) is 6.79. The standard InChI is InChI=1S/C21H22BF6O2/c1-13(2)29-19(30-14(3)4,15-8-6-5-7-9-15)22-18-11-16(20(23,24)25)10-17(12-18)21(26,27)28/h5-14H,1-4H3. The van der Waals surface area contributed by atoms with Gasteiger partial charge in [0.05, 0.1) is 23.3 Å². The van der Waals surface area contributed by atoms with Crippen molar-refractivity contribution in [2.75, 3.05) is 0 Å². The molecule has 2 aromatic rings. The Kier molecular flexibility index (Phi) is 7.30. The average molecular weight is 431 g/mol. The Morgan fingerprint density at radius 1 is 0.667 bits per heavy atom. The van der Waals surface area contributed by atoms with E-state index in [0.29, 0.717) is 17.7 Å². The summed E-state index contributed by atoms with van der Waals surface area (Å²) in [6, 6.07) is 9.76. The summed E-state index contributed by atoms with van der Waals surface area (Å²) < 4.78 is 91.5. The van der Waals surface area contributed by atoms with Crippen LogP contribution in [0.1, 0.15) is 44.4 Å². The summed E-state index contributed by atoms with van der Waals surface area (Å²) in [5, 5.41) is 0. The zero-order valence-corrected chi connectivity index (χ0v) is 16.9. The van der Waals surface area contributed by atoms with E-state index in [0.717, 1.165) is 7.28 Å². The van der Waals surface area contributed by atoms with Crippen molar-refractivity contribution in [2.45, 2.75) is 57.9 Å². The Hall–Kier alpha value is -2.00. The molecule has 0 aliphatic rings. The fraction of sp³-hybridized carbons (Fsp3) is 0.429. The molecule has 30 heavy (non-hydrogen) atoms. The molecule has 0 aromatic heterocycles. The highest BCUT2D eigenvalue weighted by atomic mass is 19.4. The smallest absolute Gasteiger partial charge is 0.351 e. The molecule has 0 aliphatic heterocycles. The van der Waals surface area contributed by atoms with E-state index < -0.39 is 41.4 Å². The molecule has 0 aliphatic carbocycles. The van der Waals surface area contributed by atoms with E-state index in [9.17, 15) is 26.3 Å². The van der Waals surface area contributed by atoms with E-state index in [1.165, 1.54) is 0 Å². The summed E-state index contributed by atoms with van der Waals surface area (Å²) in [5.41, 5.74) is -4.36. The number of benzene rings is 2. The van der Waals surface area contributed by atoms with Crippen molar-refractivity contribution in [3.05, 3.63) is 65.2 Å². The molecule has 1 radical (unpaired) electrons. The van der Waals surface area contributed by atoms with Crippen molar-refractivity contribution in [1.82, 2.24) is 0 Å². The van der Waals surface area contributed by atoms with Crippen LogP contribution in [0.5, 0.6) is 0 Å². The van der Waals surface area contributed by atoms with Gasteiger partial charge in [0, 0.05) is 5.56 Å². The minimum atomic E-state index is -4.95. The van der Waals surface area contributed by atoms with Gasteiger partial charge in [-0.15, -0.1) is 0 Å². The van der Waals surface area contributed by atoms with Crippen molar-refractivity contribution in [1.29, 1.82) is 0 Å². The van der Waals surface area contributed by atoms with Crippen LogP contribution in [0.4, 0.5) is 26.3 Å². The maximum Gasteiger partial charge on any atom is 0.416 e. The van der Waals surface area contributed by atoms with Crippen molar-refractivity contribution in [3.63, 3.8) is 0 Å². The highest BCUT2D eigenvalue weighted by Gasteiger charge is 2.41. The molecule has 163 valence electrons. The molecule has 0 amide bonds. The van der Waals surface area contributed by atoms with E-state index in [1.54, 1.807) is 58.0 Å². The summed E-state index contributed by atoms with van der Waals surface area (Å²) in [6.07, 6.45) is -10.8. The lowest BCUT2D eigenvalue weighted by atomic mass is 9.58. The van der Waals surface area contributed by atoms with Crippen LogP contribution in [0.15, 0.2) is 48.5 Å².